The third-order valence-corrected chi connectivity index (χ3v) is 5.14. The maximum atomic E-state index is 5.46. The maximum absolute atomic E-state index is 5.46. The first-order chi connectivity index (χ1) is 14.1. The number of nitrogens with one attached hydrogen (secondary N) is 1. The Labute approximate surface area is 171 Å². The summed E-state index contributed by atoms with van der Waals surface area (Å²) in [5.41, 5.74) is 5.97. The Morgan fingerprint density at radius 1 is 0.931 bits per heavy atom. The van der Waals surface area contributed by atoms with E-state index in [1.54, 1.807) is 20.4 Å². The lowest BCUT2D eigenvalue weighted by Gasteiger charge is -2.29. The first kappa shape index (κ1) is 19.1. The van der Waals surface area contributed by atoms with Gasteiger partial charge >= 0.3 is 0 Å². The fourth-order valence-corrected chi connectivity index (χ4v) is 3.82. The largest absolute Gasteiger partial charge is 0.493 e. The summed E-state index contributed by atoms with van der Waals surface area (Å²) in [5, 5.41) is 3.40. The molecule has 0 bridgehead atoms. The molecule has 2 heterocycles. The third-order valence-electron chi connectivity index (χ3n) is 5.14. The van der Waals surface area contributed by atoms with Crippen molar-refractivity contribution in [2.24, 2.45) is 0 Å². The molecule has 6 nitrogen and oxygen atoms in total. The molecule has 0 saturated heterocycles. The van der Waals surface area contributed by atoms with Gasteiger partial charge in [0.1, 0.15) is 5.82 Å². The summed E-state index contributed by atoms with van der Waals surface area (Å²) in [5.74, 6) is 3.03. The van der Waals surface area contributed by atoms with Crippen molar-refractivity contribution in [3.63, 3.8) is 0 Å². The van der Waals surface area contributed by atoms with Gasteiger partial charge in [-0.2, -0.15) is 4.98 Å². The molecule has 1 aliphatic heterocycles. The van der Waals surface area contributed by atoms with E-state index >= 15 is 0 Å². The Morgan fingerprint density at radius 3 is 2.31 bits per heavy atom. The number of aryl methyl sites for hydroxylation is 2. The van der Waals surface area contributed by atoms with Gasteiger partial charge in [0.25, 0.3) is 0 Å². The summed E-state index contributed by atoms with van der Waals surface area (Å²) in [4.78, 5) is 11.5. The van der Waals surface area contributed by atoms with Crippen molar-refractivity contribution in [1.82, 2.24) is 9.97 Å². The maximum Gasteiger partial charge on any atom is 0.227 e. The number of fused-ring (bicyclic) bond motifs is 1. The van der Waals surface area contributed by atoms with Crippen LogP contribution in [-0.4, -0.2) is 30.7 Å². The molecule has 0 radical (unpaired) electrons. The molecule has 1 aromatic heterocycles. The lowest BCUT2D eigenvalue weighted by Crippen LogP contribution is -2.31. The number of hydrogen-bond acceptors (Lipinski definition) is 6. The second kappa shape index (κ2) is 7.99. The Morgan fingerprint density at radius 2 is 1.62 bits per heavy atom. The van der Waals surface area contributed by atoms with Crippen molar-refractivity contribution >= 4 is 17.5 Å². The Balaban J connectivity index is 1.56. The van der Waals surface area contributed by atoms with Crippen molar-refractivity contribution in [3.05, 3.63) is 64.8 Å². The van der Waals surface area contributed by atoms with E-state index in [0.29, 0.717) is 0 Å². The highest BCUT2D eigenvalue weighted by atomic mass is 16.5. The van der Waals surface area contributed by atoms with E-state index in [1.165, 1.54) is 22.3 Å². The molecule has 0 atom stereocenters. The molecule has 0 aliphatic carbocycles. The molecule has 0 amide bonds. The van der Waals surface area contributed by atoms with E-state index in [1.807, 2.05) is 6.07 Å². The molecule has 3 aromatic rings. The van der Waals surface area contributed by atoms with Gasteiger partial charge in [-0.05, 0) is 72.9 Å². The molecular weight excluding hydrogens is 364 g/mol. The number of methoxy groups -OCH3 is 2. The van der Waals surface area contributed by atoms with Crippen LogP contribution in [-0.2, 0) is 13.0 Å². The zero-order valence-electron chi connectivity index (χ0n) is 17.3. The van der Waals surface area contributed by atoms with Gasteiger partial charge in [-0.1, -0.05) is 6.07 Å². The number of benzene rings is 2. The van der Waals surface area contributed by atoms with Gasteiger partial charge in [0, 0.05) is 25.0 Å². The van der Waals surface area contributed by atoms with E-state index < -0.39 is 0 Å². The van der Waals surface area contributed by atoms with Gasteiger partial charge in [0.05, 0.1) is 14.2 Å². The Kier molecular flexibility index (Phi) is 5.25. The van der Waals surface area contributed by atoms with Crippen molar-refractivity contribution in [3.8, 4) is 11.5 Å². The lowest BCUT2D eigenvalue weighted by atomic mass is 9.99. The van der Waals surface area contributed by atoms with E-state index in [2.05, 4.69) is 59.4 Å². The van der Waals surface area contributed by atoms with Crippen LogP contribution in [0.3, 0.4) is 0 Å². The number of rotatable bonds is 5. The van der Waals surface area contributed by atoms with Gasteiger partial charge in [0.2, 0.25) is 5.95 Å². The van der Waals surface area contributed by atoms with Crippen LogP contribution in [0, 0.1) is 13.8 Å². The van der Waals surface area contributed by atoms with Crippen LogP contribution in [0.25, 0.3) is 0 Å². The molecule has 0 saturated carbocycles. The van der Waals surface area contributed by atoms with Gasteiger partial charge in [-0.3, -0.25) is 0 Å². The summed E-state index contributed by atoms with van der Waals surface area (Å²) in [6.07, 6.45) is 2.71. The van der Waals surface area contributed by atoms with Gasteiger partial charge in [-0.15, -0.1) is 0 Å². The van der Waals surface area contributed by atoms with Crippen molar-refractivity contribution in [2.75, 3.05) is 31.0 Å². The Hall–Kier alpha value is -3.28. The standard InChI is InChI=1S/C23H26N4O2/c1-15-9-16(2)11-19(10-15)25-22-5-7-24-23(26-22)27-8-6-17-12-20(28-3)21(29-4)13-18(17)14-27/h5,7,9-13H,6,8,14H2,1-4H3,(H,24,25,26). The van der Waals surface area contributed by atoms with Gasteiger partial charge in [-0.25, -0.2) is 4.98 Å². The second-order valence-electron chi connectivity index (χ2n) is 7.39. The lowest BCUT2D eigenvalue weighted by molar-refractivity contribution is 0.353. The number of anilines is 3. The van der Waals surface area contributed by atoms with Crippen LogP contribution < -0.4 is 19.7 Å². The number of hydrogen-bond donors (Lipinski definition) is 1. The van der Waals surface area contributed by atoms with E-state index in [4.69, 9.17) is 14.5 Å². The SMILES string of the molecule is COc1cc2c(cc1OC)CN(c1nccc(Nc3cc(C)cc(C)c3)n1)CC2. The fourth-order valence-electron chi connectivity index (χ4n) is 3.82. The highest BCUT2D eigenvalue weighted by Gasteiger charge is 2.21. The summed E-state index contributed by atoms with van der Waals surface area (Å²) in [7, 11) is 3.33. The molecular formula is C23H26N4O2. The van der Waals surface area contributed by atoms with Crippen LogP contribution in [0.4, 0.5) is 17.5 Å². The zero-order valence-corrected chi connectivity index (χ0v) is 17.3. The summed E-state index contributed by atoms with van der Waals surface area (Å²) < 4.78 is 10.9. The Bertz CT molecular complexity index is 1020. The minimum atomic E-state index is 0.722. The van der Waals surface area contributed by atoms with Crippen LogP contribution in [0.5, 0.6) is 11.5 Å². The first-order valence-electron chi connectivity index (χ1n) is 9.73. The molecule has 0 unspecified atom stereocenters. The topological polar surface area (TPSA) is 59.5 Å². The van der Waals surface area contributed by atoms with Crippen LogP contribution in [0.1, 0.15) is 22.3 Å². The molecule has 4 rings (SSSR count). The van der Waals surface area contributed by atoms with Crippen LogP contribution in [0.2, 0.25) is 0 Å². The minimum Gasteiger partial charge on any atom is -0.493 e. The normalized spacial score (nSPS) is 13.0. The average Bonchev–Trinajstić information content (AvgIpc) is 2.71. The van der Waals surface area contributed by atoms with E-state index in [0.717, 1.165) is 48.5 Å². The average molecular weight is 390 g/mol. The van der Waals surface area contributed by atoms with Gasteiger partial charge < -0.3 is 19.7 Å². The molecule has 150 valence electrons. The van der Waals surface area contributed by atoms with E-state index in [-0.39, 0.29) is 0 Å². The zero-order chi connectivity index (χ0) is 20.4. The summed E-state index contributed by atoms with van der Waals surface area (Å²) in [6.45, 7) is 5.79. The monoisotopic (exact) mass is 390 g/mol. The minimum absolute atomic E-state index is 0.722. The predicted octanol–water partition coefficient (Wildman–Crippen LogP) is 4.42. The molecule has 6 heteroatoms. The number of aromatic nitrogens is 2. The molecule has 2 aromatic carbocycles. The smallest absolute Gasteiger partial charge is 0.227 e. The number of ether oxygens (including phenoxy) is 2. The van der Waals surface area contributed by atoms with Gasteiger partial charge in [0.15, 0.2) is 11.5 Å². The summed E-state index contributed by atoms with van der Waals surface area (Å²) in [6, 6.07) is 12.4. The third kappa shape index (κ3) is 4.11. The van der Waals surface area contributed by atoms with Crippen LogP contribution >= 0.6 is 0 Å². The molecule has 0 fully saturated rings. The quantitative estimate of drug-likeness (QED) is 0.696. The van der Waals surface area contributed by atoms with Crippen molar-refractivity contribution in [2.45, 2.75) is 26.8 Å². The second-order valence-corrected chi connectivity index (χ2v) is 7.39. The van der Waals surface area contributed by atoms with Crippen LogP contribution in [0.15, 0.2) is 42.6 Å². The molecule has 0 spiro atoms. The van der Waals surface area contributed by atoms with Crippen molar-refractivity contribution in [1.29, 1.82) is 0 Å². The highest BCUT2D eigenvalue weighted by Crippen LogP contribution is 2.34. The fraction of sp³-hybridized carbons (Fsp3) is 0.304. The summed E-state index contributed by atoms with van der Waals surface area (Å²) >= 11 is 0. The highest BCUT2D eigenvalue weighted by molar-refractivity contribution is 5.59. The van der Waals surface area contributed by atoms with E-state index in [9.17, 15) is 0 Å². The van der Waals surface area contributed by atoms with Crippen molar-refractivity contribution < 1.29 is 9.47 Å². The molecule has 29 heavy (non-hydrogen) atoms. The molecule has 1 N–H and O–H groups in total. The first-order valence-corrected chi connectivity index (χ1v) is 9.73. The predicted molar refractivity (Wildman–Crippen MR) is 116 cm³/mol. The molecule has 1 aliphatic rings. The number of nitrogens with zero attached hydrogens (tertiary/aromatic N) is 3.